The number of nitrogens with one attached hydrogen (secondary N) is 2. The summed E-state index contributed by atoms with van der Waals surface area (Å²) in [5.74, 6) is 4.61. The number of carbonyl (C=O) groups is 1. The van der Waals surface area contributed by atoms with E-state index in [0.29, 0.717) is 46.5 Å². The van der Waals surface area contributed by atoms with E-state index in [1.54, 1.807) is 12.1 Å². The fourth-order valence-electron chi connectivity index (χ4n) is 6.24. The highest BCUT2D eigenvalue weighted by molar-refractivity contribution is 7.99. The van der Waals surface area contributed by atoms with Crippen molar-refractivity contribution in [3.8, 4) is 5.75 Å². The number of para-hydroxylation sites is 1. The first kappa shape index (κ1) is 21.2. The molecule has 0 aliphatic heterocycles. The minimum atomic E-state index is 0.190. The van der Waals surface area contributed by atoms with Crippen LogP contribution in [0.25, 0.3) is 0 Å². The number of anilines is 1. The van der Waals surface area contributed by atoms with Crippen LogP contribution in [0.5, 0.6) is 5.75 Å². The monoisotopic (exact) mass is 451 g/mol. The van der Waals surface area contributed by atoms with Crippen molar-refractivity contribution in [3.05, 3.63) is 42.0 Å². The second-order valence-electron chi connectivity index (χ2n) is 9.40. The zero-order valence-electron chi connectivity index (χ0n) is 18.0. The molecule has 168 valence electrons. The van der Waals surface area contributed by atoms with Gasteiger partial charge >= 0.3 is 0 Å². The molecule has 6 rings (SSSR count). The molecule has 4 saturated carbocycles. The Morgan fingerprint density at radius 1 is 1.25 bits per heavy atom. The molecule has 0 spiro atoms. The Kier molecular flexibility index (Phi) is 6.04. The molecule has 1 heterocycles. The maximum atomic E-state index is 13.0. The predicted octanol–water partition coefficient (Wildman–Crippen LogP) is 4.42. The van der Waals surface area contributed by atoms with Gasteiger partial charge in [-0.25, -0.2) is 10.5 Å². The van der Waals surface area contributed by atoms with Gasteiger partial charge in [0.05, 0.1) is 12.0 Å². The quantitative estimate of drug-likeness (QED) is 0.226. The van der Waals surface area contributed by atoms with Gasteiger partial charge in [0.1, 0.15) is 11.5 Å². The second kappa shape index (κ2) is 9.10. The lowest BCUT2D eigenvalue weighted by molar-refractivity contribution is -0.133. The van der Waals surface area contributed by atoms with Crippen LogP contribution in [0.1, 0.15) is 43.2 Å². The summed E-state index contributed by atoms with van der Waals surface area (Å²) in [6.07, 6.45) is 10.3. The van der Waals surface area contributed by atoms with Gasteiger partial charge in [-0.3, -0.25) is 4.79 Å². The molecular formula is C24H29N5O2S. The van der Waals surface area contributed by atoms with Crippen molar-refractivity contribution >= 4 is 29.7 Å². The van der Waals surface area contributed by atoms with Gasteiger partial charge in [-0.2, -0.15) is 10.1 Å². The van der Waals surface area contributed by atoms with E-state index in [2.05, 4.69) is 32.3 Å². The Morgan fingerprint density at radius 2 is 2.00 bits per heavy atom. The summed E-state index contributed by atoms with van der Waals surface area (Å²) in [7, 11) is 0. The van der Waals surface area contributed by atoms with Crippen molar-refractivity contribution in [1.82, 2.24) is 15.2 Å². The van der Waals surface area contributed by atoms with Gasteiger partial charge in [-0.05, 0) is 73.8 Å². The predicted molar refractivity (Wildman–Crippen MR) is 126 cm³/mol. The number of aromatic hydroxyl groups is 1. The lowest BCUT2D eigenvalue weighted by Crippen LogP contribution is -2.48. The molecule has 4 aliphatic rings. The van der Waals surface area contributed by atoms with E-state index in [1.165, 1.54) is 50.1 Å². The summed E-state index contributed by atoms with van der Waals surface area (Å²) in [4.78, 5) is 17.4. The number of aromatic amines is 1. The summed E-state index contributed by atoms with van der Waals surface area (Å²) in [5.41, 5.74) is 4.20. The second-order valence-corrected chi connectivity index (χ2v) is 10.3. The van der Waals surface area contributed by atoms with E-state index in [4.69, 9.17) is 0 Å². The topological polar surface area (TPSA) is 103 Å². The first-order chi connectivity index (χ1) is 15.6. The van der Waals surface area contributed by atoms with Crippen LogP contribution < -0.4 is 5.43 Å². The number of phenols is 1. The largest absolute Gasteiger partial charge is 0.507 e. The Labute approximate surface area is 192 Å². The third-order valence-electron chi connectivity index (χ3n) is 7.30. The molecule has 1 aromatic carbocycles. The number of H-pyrrole nitrogens is 1. The van der Waals surface area contributed by atoms with Gasteiger partial charge in [0, 0.05) is 11.5 Å². The molecule has 4 bridgehead atoms. The molecule has 0 atom stereocenters. The summed E-state index contributed by atoms with van der Waals surface area (Å²) >= 11 is 1.39. The Morgan fingerprint density at radius 3 is 2.72 bits per heavy atom. The molecule has 0 saturated heterocycles. The summed E-state index contributed by atoms with van der Waals surface area (Å²) in [6, 6.07) is 5.50. The van der Waals surface area contributed by atoms with E-state index in [9.17, 15) is 9.90 Å². The van der Waals surface area contributed by atoms with E-state index in [0.717, 1.165) is 17.4 Å². The number of hydrazone groups is 1. The average molecular weight is 452 g/mol. The van der Waals surface area contributed by atoms with Gasteiger partial charge in [-0.15, -0.1) is 11.7 Å². The summed E-state index contributed by atoms with van der Waals surface area (Å²) < 4.78 is 0. The molecule has 0 unspecified atom stereocenters. The summed E-state index contributed by atoms with van der Waals surface area (Å²) in [6.45, 7) is 3.70. The van der Waals surface area contributed by atoms with Crippen LogP contribution in [0.2, 0.25) is 0 Å². The maximum absolute atomic E-state index is 13.0. The van der Waals surface area contributed by atoms with Crippen molar-refractivity contribution in [3.63, 3.8) is 0 Å². The number of carbonyl (C=O) groups excluding carboxylic acids is 1. The number of hydrogen-bond donors (Lipinski definition) is 3. The molecular weight excluding hydrogens is 422 g/mol. The van der Waals surface area contributed by atoms with Crippen LogP contribution in [-0.4, -0.2) is 38.0 Å². The minimum absolute atomic E-state index is 0.190. The molecule has 0 amide bonds. The minimum Gasteiger partial charge on any atom is -0.507 e. The van der Waals surface area contributed by atoms with Gasteiger partial charge in [0.25, 0.3) is 0 Å². The smallest absolute Gasteiger partial charge is 0.240 e. The zero-order valence-corrected chi connectivity index (χ0v) is 18.9. The summed E-state index contributed by atoms with van der Waals surface area (Å²) in [5, 5.41) is 21.9. The number of phenolic OH excluding ortho intramolecular Hbond substituents is 1. The van der Waals surface area contributed by atoms with Crippen LogP contribution in [0.3, 0.4) is 0 Å². The normalized spacial score (nSPS) is 28.3. The standard InChI is InChI=1S/C24H29N5O2S/c1-2-4-16-5-3-6-17(22(16)31)12-25-27-23-26-24(29-28-23)32-13-20(30)21-18-8-14-7-15(10-18)11-19(21)9-14/h2-3,5-6,12,14-15,18-19,21,31H,1,4,7-11,13H2,(H2,26,27,28,29)/b25-12-. The van der Waals surface area contributed by atoms with Crippen molar-refractivity contribution in [1.29, 1.82) is 0 Å². The first-order valence-electron chi connectivity index (χ1n) is 11.4. The fourth-order valence-corrected chi connectivity index (χ4v) is 6.97. The van der Waals surface area contributed by atoms with Gasteiger partial charge in [-0.1, -0.05) is 30.0 Å². The van der Waals surface area contributed by atoms with E-state index in [-0.39, 0.29) is 11.7 Å². The number of benzene rings is 1. The Bertz CT molecular complexity index is 1010. The number of hydrogen-bond acceptors (Lipinski definition) is 7. The van der Waals surface area contributed by atoms with Gasteiger partial charge in [0.15, 0.2) is 0 Å². The number of aromatic nitrogens is 3. The van der Waals surface area contributed by atoms with Crippen LogP contribution in [0, 0.1) is 29.6 Å². The van der Waals surface area contributed by atoms with Crippen molar-refractivity contribution in [2.24, 2.45) is 34.7 Å². The number of thioether (sulfide) groups is 1. The molecule has 8 heteroatoms. The first-order valence-corrected chi connectivity index (χ1v) is 12.4. The van der Waals surface area contributed by atoms with E-state index < -0.39 is 0 Å². The molecule has 0 radical (unpaired) electrons. The maximum Gasteiger partial charge on any atom is 0.240 e. The van der Waals surface area contributed by atoms with Crippen molar-refractivity contribution in [2.75, 3.05) is 11.2 Å². The number of nitrogens with zero attached hydrogens (tertiary/aromatic N) is 3. The Hall–Kier alpha value is -2.61. The number of ketones is 1. The molecule has 7 nitrogen and oxygen atoms in total. The highest BCUT2D eigenvalue weighted by Gasteiger charge is 2.50. The Balaban J connectivity index is 1.14. The average Bonchev–Trinajstić information content (AvgIpc) is 3.22. The lowest BCUT2D eigenvalue weighted by atomic mass is 9.51. The van der Waals surface area contributed by atoms with E-state index in [1.807, 2.05) is 12.1 Å². The SMILES string of the molecule is C=CCc1cccc(/C=N\Nc2nc(SCC(=O)C3C4CC5CC(C4)CC3C5)n[nH]2)c1O. The van der Waals surface area contributed by atoms with Gasteiger partial charge in [0.2, 0.25) is 11.1 Å². The van der Waals surface area contributed by atoms with Crippen LogP contribution in [0.15, 0.2) is 41.1 Å². The van der Waals surface area contributed by atoms with Crippen molar-refractivity contribution in [2.45, 2.75) is 43.7 Å². The van der Waals surface area contributed by atoms with Gasteiger partial charge < -0.3 is 5.11 Å². The highest BCUT2D eigenvalue weighted by Crippen LogP contribution is 2.56. The van der Waals surface area contributed by atoms with Crippen LogP contribution in [0.4, 0.5) is 5.95 Å². The molecule has 2 aromatic rings. The van der Waals surface area contributed by atoms with Crippen LogP contribution in [-0.2, 0) is 11.2 Å². The zero-order chi connectivity index (χ0) is 22.1. The third kappa shape index (κ3) is 4.33. The molecule has 1 aromatic heterocycles. The van der Waals surface area contributed by atoms with Crippen molar-refractivity contribution < 1.29 is 9.90 Å². The molecule has 32 heavy (non-hydrogen) atoms. The molecule has 3 N–H and O–H groups in total. The van der Waals surface area contributed by atoms with Crippen LogP contribution >= 0.6 is 11.8 Å². The number of rotatable bonds is 9. The molecule has 4 fully saturated rings. The highest BCUT2D eigenvalue weighted by atomic mass is 32.2. The third-order valence-corrected chi connectivity index (χ3v) is 8.17. The number of Topliss-reactive ketones (excluding diaryl/α,β-unsaturated/α-hetero) is 1. The van der Waals surface area contributed by atoms with E-state index >= 15 is 0 Å². The lowest BCUT2D eigenvalue weighted by Gasteiger charge is -2.53. The number of allylic oxidation sites excluding steroid dienone is 1. The molecule has 4 aliphatic carbocycles. The fraction of sp³-hybridized carbons (Fsp3) is 0.500.